The standard InChI is InChI=1S/C14H20O2/c1-4-11-9-13(16-12-5-6-12)7-8-14(11)15-10(2)3/h7-10,12H,4-6H2,1-3H3. The molecule has 1 saturated carbocycles. The predicted molar refractivity (Wildman–Crippen MR) is 65.2 cm³/mol. The van der Waals surface area contributed by atoms with Gasteiger partial charge in [0.15, 0.2) is 0 Å². The molecule has 1 fully saturated rings. The summed E-state index contributed by atoms with van der Waals surface area (Å²) in [5.41, 5.74) is 1.23. The van der Waals surface area contributed by atoms with Gasteiger partial charge < -0.3 is 9.47 Å². The van der Waals surface area contributed by atoms with Gasteiger partial charge >= 0.3 is 0 Å². The Morgan fingerprint density at radius 3 is 2.62 bits per heavy atom. The summed E-state index contributed by atoms with van der Waals surface area (Å²) in [5, 5.41) is 0. The maximum absolute atomic E-state index is 5.77. The topological polar surface area (TPSA) is 18.5 Å². The van der Waals surface area contributed by atoms with Crippen LogP contribution in [0.15, 0.2) is 18.2 Å². The van der Waals surface area contributed by atoms with Crippen LogP contribution < -0.4 is 9.47 Å². The lowest BCUT2D eigenvalue weighted by Crippen LogP contribution is -2.07. The Labute approximate surface area is 97.6 Å². The van der Waals surface area contributed by atoms with Crippen molar-refractivity contribution in [1.82, 2.24) is 0 Å². The number of rotatable bonds is 5. The van der Waals surface area contributed by atoms with Crippen molar-refractivity contribution >= 4 is 0 Å². The van der Waals surface area contributed by atoms with Gasteiger partial charge in [0.1, 0.15) is 11.5 Å². The molecule has 0 unspecified atom stereocenters. The Morgan fingerprint density at radius 1 is 1.31 bits per heavy atom. The summed E-state index contributed by atoms with van der Waals surface area (Å²) in [5.74, 6) is 1.97. The van der Waals surface area contributed by atoms with Crippen molar-refractivity contribution in [3.05, 3.63) is 23.8 Å². The van der Waals surface area contributed by atoms with Crippen LogP contribution >= 0.6 is 0 Å². The minimum Gasteiger partial charge on any atom is -0.491 e. The average Bonchev–Trinajstić information content (AvgIpc) is 3.03. The van der Waals surface area contributed by atoms with Crippen LogP contribution in [0.3, 0.4) is 0 Å². The van der Waals surface area contributed by atoms with E-state index in [1.165, 1.54) is 18.4 Å². The molecule has 2 rings (SSSR count). The molecule has 0 saturated heterocycles. The molecule has 0 N–H and O–H groups in total. The second-order valence-corrected chi connectivity index (χ2v) is 4.61. The molecule has 2 nitrogen and oxygen atoms in total. The van der Waals surface area contributed by atoms with E-state index in [2.05, 4.69) is 13.0 Å². The average molecular weight is 220 g/mol. The number of ether oxygens (including phenoxy) is 2. The van der Waals surface area contributed by atoms with Gasteiger partial charge in [-0.3, -0.25) is 0 Å². The first-order valence-electron chi connectivity index (χ1n) is 6.15. The molecule has 0 amide bonds. The highest BCUT2D eigenvalue weighted by Gasteiger charge is 2.23. The molecule has 0 radical (unpaired) electrons. The maximum Gasteiger partial charge on any atom is 0.123 e. The summed E-state index contributed by atoms with van der Waals surface area (Å²) >= 11 is 0. The van der Waals surface area contributed by atoms with Gasteiger partial charge in [-0.15, -0.1) is 0 Å². The van der Waals surface area contributed by atoms with Gasteiger partial charge in [-0.05, 0) is 56.9 Å². The molecule has 0 heterocycles. The zero-order valence-corrected chi connectivity index (χ0v) is 10.3. The minimum absolute atomic E-state index is 0.223. The molecule has 1 aliphatic rings. The Bertz CT molecular complexity index is 354. The second kappa shape index (κ2) is 4.77. The quantitative estimate of drug-likeness (QED) is 0.755. The van der Waals surface area contributed by atoms with Gasteiger partial charge in [0.25, 0.3) is 0 Å². The summed E-state index contributed by atoms with van der Waals surface area (Å²) in [6, 6.07) is 6.14. The lowest BCUT2D eigenvalue weighted by atomic mass is 10.1. The third kappa shape index (κ3) is 2.91. The highest BCUT2D eigenvalue weighted by molar-refractivity contribution is 5.40. The number of hydrogen-bond donors (Lipinski definition) is 0. The summed E-state index contributed by atoms with van der Waals surface area (Å²) < 4.78 is 11.5. The smallest absolute Gasteiger partial charge is 0.123 e. The fourth-order valence-electron chi connectivity index (χ4n) is 1.65. The highest BCUT2D eigenvalue weighted by Crippen LogP contribution is 2.30. The molecule has 1 aromatic carbocycles. The number of benzene rings is 1. The minimum atomic E-state index is 0.223. The first-order valence-corrected chi connectivity index (χ1v) is 6.15. The second-order valence-electron chi connectivity index (χ2n) is 4.61. The Morgan fingerprint density at radius 2 is 2.06 bits per heavy atom. The van der Waals surface area contributed by atoms with Crippen molar-refractivity contribution < 1.29 is 9.47 Å². The van der Waals surface area contributed by atoms with Crippen LogP contribution in [0.2, 0.25) is 0 Å². The van der Waals surface area contributed by atoms with E-state index in [1.54, 1.807) is 0 Å². The summed E-state index contributed by atoms with van der Waals surface area (Å²) in [6.45, 7) is 6.24. The van der Waals surface area contributed by atoms with Crippen LogP contribution in [-0.2, 0) is 6.42 Å². The number of aryl methyl sites for hydroxylation is 1. The van der Waals surface area contributed by atoms with E-state index in [4.69, 9.17) is 9.47 Å². The first kappa shape index (κ1) is 11.3. The van der Waals surface area contributed by atoms with Gasteiger partial charge in [0, 0.05) is 0 Å². The number of hydrogen-bond acceptors (Lipinski definition) is 2. The normalized spacial score (nSPS) is 15.2. The summed E-state index contributed by atoms with van der Waals surface area (Å²) in [6.07, 6.45) is 4.06. The van der Waals surface area contributed by atoms with Crippen LogP contribution in [-0.4, -0.2) is 12.2 Å². The van der Waals surface area contributed by atoms with Crippen molar-refractivity contribution in [3.63, 3.8) is 0 Å². The van der Waals surface area contributed by atoms with Crippen LogP contribution in [0.5, 0.6) is 11.5 Å². The zero-order chi connectivity index (χ0) is 11.5. The van der Waals surface area contributed by atoms with Gasteiger partial charge in [-0.25, -0.2) is 0 Å². The van der Waals surface area contributed by atoms with Crippen LogP contribution in [0.1, 0.15) is 39.2 Å². The van der Waals surface area contributed by atoms with Gasteiger partial charge in [0.05, 0.1) is 12.2 Å². The third-order valence-electron chi connectivity index (χ3n) is 2.60. The predicted octanol–water partition coefficient (Wildman–Crippen LogP) is 3.58. The van der Waals surface area contributed by atoms with Crippen molar-refractivity contribution in [1.29, 1.82) is 0 Å². The van der Waals surface area contributed by atoms with Crippen LogP contribution in [0.25, 0.3) is 0 Å². The fraction of sp³-hybridized carbons (Fsp3) is 0.571. The molecular formula is C14H20O2. The Kier molecular flexibility index (Phi) is 3.37. The van der Waals surface area contributed by atoms with E-state index in [0.717, 1.165) is 17.9 Å². The first-order chi connectivity index (χ1) is 7.69. The lowest BCUT2D eigenvalue weighted by Gasteiger charge is -2.15. The molecule has 0 spiro atoms. The SMILES string of the molecule is CCc1cc(OC2CC2)ccc1OC(C)C. The molecular weight excluding hydrogens is 200 g/mol. The molecule has 0 atom stereocenters. The monoisotopic (exact) mass is 220 g/mol. The lowest BCUT2D eigenvalue weighted by molar-refractivity contribution is 0.239. The largest absolute Gasteiger partial charge is 0.491 e. The maximum atomic E-state index is 5.77. The van der Waals surface area contributed by atoms with Gasteiger partial charge in [-0.2, -0.15) is 0 Å². The molecule has 1 aliphatic carbocycles. The van der Waals surface area contributed by atoms with E-state index >= 15 is 0 Å². The third-order valence-corrected chi connectivity index (χ3v) is 2.60. The van der Waals surface area contributed by atoms with Crippen molar-refractivity contribution in [3.8, 4) is 11.5 Å². The molecule has 2 heteroatoms. The van der Waals surface area contributed by atoms with Gasteiger partial charge in [-0.1, -0.05) is 6.92 Å². The van der Waals surface area contributed by atoms with Crippen molar-refractivity contribution in [2.75, 3.05) is 0 Å². The Balaban J connectivity index is 2.12. The van der Waals surface area contributed by atoms with E-state index in [1.807, 2.05) is 26.0 Å². The van der Waals surface area contributed by atoms with Crippen LogP contribution in [0.4, 0.5) is 0 Å². The molecule has 0 aromatic heterocycles. The van der Waals surface area contributed by atoms with E-state index < -0.39 is 0 Å². The molecule has 88 valence electrons. The van der Waals surface area contributed by atoms with E-state index in [9.17, 15) is 0 Å². The van der Waals surface area contributed by atoms with Crippen molar-refractivity contribution in [2.45, 2.75) is 52.2 Å². The highest BCUT2D eigenvalue weighted by atomic mass is 16.5. The Hall–Kier alpha value is -1.18. The zero-order valence-electron chi connectivity index (χ0n) is 10.3. The molecule has 0 aliphatic heterocycles. The summed E-state index contributed by atoms with van der Waals surface area (Å²) in [4.78, 5) is 0. The van der Waals surface area contributed by atoms with Gasteiger partial charge in [0.2, 0.25) is 0 Å². The molecule has 16 heavy (non-hydrogen) atoms. The van der Waals surface area contributed by atoms with E-state index in [0.29, 0.717) is 6.10 Å². The molecule has 1 aromatic rings. The van der Waals surface area contributed by atoms with Crippen LogP contribution in [0, 0.1) is 0 Å². The fourth-order valence-corrected chi connectivity index (χ4v) is 1.65. The van der Waals surface area contributed by atoms with Crippen molar-refractivity contribution in [2.24, 2.45) is 0 Å². The van der Waals surface area contributed by atoms with E-state index in [-0.39, 0.29) is 6.10 Å². The molecule has 0 bridgehead atoms. The summed E-state index contributed by atoms with van der Waals surface area (Å²) in [7, 11) is 0.